The van der Waals surface area contributed by atoms with Gasteiger partial charge in [0.2, 0.25) is 0 Å². The van der Waals surface area contributed by atoms with Crippen molar-refractivity contribution in [2.75, 3.05) is 7.11 Å². The fourth-order valence-electron chi connectivity index (χ4n) is 4.46. The number of benzene rings is 3. The molecule has 0 saturated heterocycles. The molecule has 1 aliphatic carbocycles. The molecule has 0 bridgehead atoms. The number of rotatable bonds is 5. The molecule has 5 rings (SSSR count). The van der Waals surface area contributed by atoms with Gasteiger partial charge in [-0.25, -0.2) is 23.1 Å². The van der Waals surface area contributed by atoms with Gasteiger partial charge >= 0.3 is 11.5 Å². The van der Waals surface area contributed by atoms with E-state index in [2.05, 4.69) is 0 Å². The van der Waals surface area contributed by atoms with Crippen LogP contribution in [-0.4, -0.2) is 33.1 Å². The first-order valence-corrected chi connectivity index (χ1v) is 15.6. The predicted molar refractivity (Wildman–Crippen MR) is 133 cm³/mol. The first-order chi connectivity index (χ1) is 19.1. The van der Waals surface area contributed by atoms with E-state index in [-0.39, 0.29) is 15.5 Å². The molecular weight excluding hydrogens is 604 g/mol. The van der Waals surface area contributed by atoms with Gasteiger partial charge in [0, 0.05) is 5.56 Å². The number of fused-ring (bicyclic) bond motifs is 3. The fourth-order valence-corrected chi connectivity index (χ4v) is 5.63. The van der Waals surface area contributed by atoms with Gasteiger partial charge in [0.25, 0.3) is 20.2 Å². The monoisotopic (exact) mass is 624 g/mol. The summed E-state index contributed by atoms with van der Waals surface area (Å²) in [4.78, 5) is -0.602. The molecule has 0 radical (unpaired) electrons. The number of hydrogen-bond donors (Lipinski definition) is 2. The highest BCUT2D eigenvalue weighted by Gasteiger charge is 2.32. The van der Waals surface area contributed by atoms with Gasteiger partial charge < -0.3 is 4.74 Å². The van der Waals surface area contributed by atoms with Crippen LogP contribution in [0.3, 0.4) is 0 Å². The summed E-state index contributed by atoms with van der Waals surface area (Å²) in [6, 6.07) is 19.7. The van der Waals surface area contributed by atoms with Crippen molar-refractivity contribution in [1.82, 2.24) is 0 Å². The van der Waals surface area contributed by atoms with E-state index in [9.17, 15) is 25.9 Å². The maximum atomic E-state index is 12.0. The molecule has 0 atom stereocenters. The molecule has 1 aliphatic rings. The van der Waals surface area contributed by atoms with Crippen LogP contribution < -0.4 is 23.4 Å². The smallest absolute Gasteiger partial charge is 0.364 e. The molecule has 0 aliphatic heterocycles. The summed E-state index contributed by atoms with van der Waals surface area (Å²) in [5.74, 6) is 1.04. The van der Waals surface area contributed by atoms with Crippen LogP contribution in [0.25, 0.3) is 33.8 Å². The predicted octanol–water partition coefficient (Wildman–Crippen LogP) is 0.406. The van der Waals surface area contributed by atoms with Gasteiger partial charge in [-0.1, -0.05) is 24.3 Å². The molecule has 15 heteroatoms. The Morgan fingerprint density at radius 1 is 0.780 bits per heavy atom. The quantitative estimate of drug-likeness (QED) is 0.227. The van der Waals surface area contributed by atoms with Gasteiger partial charge in [0.1, 0.15) is 10.6 Å². The average molecular weight is 625 g/mol. The van der Waals surface area contributed by atoms with E-state index in [4.69, 9.17) is 27.8 Å². The molecule has 0 spiro atoms. The second-order valence-corrected chi connectivity index (χ2v) is 12.3. The Balaban J connectivity index is 0.000000714. The van der Waals surface area contributed by atoms with Gasteiger partial charge in [-0.2, -0.15) is 16.8 Å². The van der Waals surface area contributed by atoms with E-state index in [0.717, 1.165) is 23.1 Å². The second kappa shape index (κ2) is 11.4. The van der Waals surface area contributed by atoms with Crippen LogP contribution in [0.2, 0.25) is 0 Å². The van der Waals surface area contributed by atoms with Crippen molar-refractivity contribution in [3.05, 3.63) is 83.9 Å². The summed E-state index contributed by atoms with van der Waals surface area (Å²) in [6.07, 6.45) is 1.40. The van der Waals surface area contributed by atoms with E-state index in [0.29, 0.717) is 34.6 Å². The standard InChI is InChI=1S/C26H20O8S2.ClHO4/c1-33-23-13-9-18(14-25(23)36(30,31)32)22-15-24(17-6-10-19(11-7-17)35(27,28)29)34-26-20-5-3-2-4-16(20)8-12-21(22)26;2-1(3,4)5/h2-7,9-11,13-15H,8,12H2,1H3,(H-,27,28,29,30,31,32);(H,2,3,4,5). The van der Waals surface area contributed by atoms with Crippen LogP contribution in [-0.2, 0) is 33.1 Å². The number of hydrogen-bond acceptors (Lipinski definition) is 9. The molecule has 0 amide bonds. The molecular formula is C26H21ClO12S2. The van der Waals surface area contributed by atoms with Crippen molar-refractivity contribution in [2.45, 2.75) is 22.6 Å². The topological polar surface area (TPSA) is 222 Å². The highest BCUT2D eigenvalue weighted by atomic mass is 35.7. The Bertz CT molecular complexity index is 1810. The molecule has 12 nitrogen and oxygen atoms in total. The van der Waals surface area contributed by atoms with Gasteiger partial charge in [0.05, 0.1) is 34.8 Å². The summed E-state index contributed by atoms with van der Waals surface area (Å²) >= 11 is 0. The lowest BCUT2D eigenvalue weighted by Gasteiger charge is -2.17. The Labute approximate surface area is 237 Å². The van der Waals surface area contributed by atoms with Crippen LogP contribution in [0, 0.1) is 10.2 Å². The number of aryl methyl sites for hydroxylation is 1. The second-order valence-electron chi connectivity index (χ2n) is 8.71. The maximum absolute atomic E-state index is 12.0. The maximum Gasteiger partial charge on any atom is 0.364 e. The highest BCUT2D eigenvalue weighted by molar-refractivity contribution is 7.86. The SMILES string of the molecule is COc1ccc(-c2cc(-c3ccc(S(=O)(=O)O)cc3)[o+]c3c2CCc2ccccc2-3)cc1S(=O)(=O)O.[O-][Cl+3]([O-])([O-])[O-]. The molecule has 216 valence electrons. The molecule has 1 heterocycles. The molecule has 2 N–H and O–H groups in total. The van der Waals surface area contributed by atoms with Crippen LogP contribution >= 0.6 is 0 Å². The van der Waals surface area contributed by atoms with E-state index < -0.39 is 30.5 Å². The molecule has 41 heavy (non-hydrogen) atoms. The van der Waals surface area contributed by atoms with Gasteiger partial charge in [-0.05, 0) is 66.4 Å². The van der Waals surface area contributed by atoms with Gasteiger partial charge in [0.15, 0.2) is 0 Å². The lowest BCUT2D eigenvalue weighted by molar-refractivity contribution is -2.00. The Hall–Kier alpha value is -3.44. The van der Waals surface area contributed by atoms with Crippen molar-refractivity contribution >= 4 is 20.2 Å². The summed E-state index contributed by atoms with van der Waals surface area (Å²) in [7, 11) is -12.5. The average Bonchev–Trinajstić information content (AvgIpc) is 2.90. The van der Waals surface area contributed by atoms with Crippen molar-refractivity contribution in [1.29, 1.82) is 0 Å². The minimum absolute atomic E-state index is 0.0158. The molecule has 0 fully saturated rings. The van der Waals surface area contributed by atoms with E-state index >= 15 is 0 Å². The van der Waals surface area contributed by atoms with E-state index in [1.807, 2.05) is 24.3 Å². The lowest BCUT2D eigenvalue weighted by Crippen LogP contribution is -2.68. The van der Waals surface area contributed by atoms with Crippen molar-refractivity contribution in [2.24, 2.45) is 0 Å². The summed E-state index contributed by atoms with van der Waals surface area (Å²) in [5.41, 5.74) is 4.67. The van der Waals surface area contributed by atoms with Gasteiger partial charge in [-0.15, -0.1) is 10.2 Å². The molecule has 0 saturated carbocycles. The zero-order valence-electron chi connectivity index (χ0n) is 21.0. The van der Waals surface area contributed by atoms with Crippen LogP contribution in [0.1, 0.15) is 11.1 Å². The van der Waals surface area contributed by atoms with Gasteiger partial charge in [-0.3, -0.25) is 9.11 Å². The number of ether oxygens (including phenoxy) is 1. The van der Waals surface area contributed by atoms with Crippen molar-refractivity contribution < 1.29 is 64.0 Å². The minimum Gasteiger partial charge on any atom is -0.495 e. The fraction of sp³-hybridized carbons (Fsp3) is 0.115. The Morgan fingerprint density at radius 2 is 1.39 bits per heavy atom. The minimum atomic E-state index is -4.94. The normalized spacial score (nSPS) is 13.0. The zero-order valence-corrected chi connectivity index (χ0v) is 23.4. The third-order valence-corrected chi connectivity index (χ3v) is 7.92. The van der Waals surface area contributed by atoms with Crippen LogP contribution in [0.15, 0.2) is 87.0 Å². The zero-order chi connectivity index (χ0) is 30.2. The first-order valence-electron chi connectivity index (χ1n) is 11.5. The van der Waals surface area contributed by atoms with E-state index in [1.54, 1.807) is 12.1 Å². The molecule has 1 aromatic heterocycles. The summed E-state index contributed by atoms with van der Waals surface area (Å²) < 4.78 is 112. The van der Waals surface area contributed by atoms with E-state index in [1.165, 1.54) is 43.5 Å². The largest absolute Gasteiger partial charge is 0.495 e. The molecule has 3 aromatic carbocycles. The van der Waals surface area contributed by atoms with Crippen molar-refractivity contribution in [3.63, 3.8) is 0 Å². The highest BCUT2D eigenvalue weighted by Crippen LogP contribution is 2.43. The molecule has 0 unspecified atom stereocenters. The first kappa shape index (κ1) is 30.5. The lowest BCUT2D eigenvalue weighted by atomic mass is 9.85. The third kappa shape index (κ3) is 7.26. The summed E-state index contributed by atoms with van der Waals surface area (Å²) in [6.45, 7) is 0. The van der Waals surface area contributed by atoms with Crippen LogP contribution in [0.5, 0.6) is 5.75 Å². The third-order valence-electron chi connectivity index (χ3n) is 6.18. The molecule has 4 aromatic rings. The summed E-state index contributed by atoms with van der Waals surface area (Å²) in [5, 5.41) is 0. The Kier molecular flexibility index (Phi) is 8.52. The van der Waals surface area contributed by atoms with Crippen LogP contribution in [0.4, 0.5) is 0 Å². The van der Waals surface area contributed by atoms with Crippen molar-refractivity contribution in [3.8, 4) is 39.5 Å². The number of methoxy groups -OCH3 is 1. The Morgan fingerprint density at radius 3 is 1.98 bits per heavy atom. The number of halogens is 1.